The van der Waals surface area contributed by atoms with Gasteiger partial charge in [0, 0.05) is 43.9 Å². The van der Waals surface area contributed by atoms with E-state index in [2.05, 4.69) is 15.0 Å². The molecule has 4 rings (SSSR count). The van der Waals surface area contributed by atoms with Crippen LogP contribution in [0.3, 0.4) is 0 Å². The number of aromatic nitrogens is 3. The second-order valence-corrected chi connectivity index (χ2v) is 7.04. The average molecular weight is 405 g/mol. The summed E-state index contributed by atoms with van der Waals surface area (Å²) < 4.78 is 40.2. The SMILES string of the molecule is COc1ncc(F)c(N2CCC(F)(C(=O)N3CCOc4ccncc4C3)CC2)n1. The molecular formula is C19H21F2N5O3. The molecule has 154 valence electrons. The molecule has 0 aliphatic carbocycles. The number of pyridine rings is 1. The van der Waals surface area contributed by atoms with Gasteiger partial charge in [0.25, 0.3) is 5.91 Å². The minimum Gasteiger partial charge on any atom is -0.491 e. The maximum absolute atomic E-state index is 15.6. The number of piperidine rings is 1. The molecule has 0 saturated carbocycles. The van der Waals surface area contributed by atoms with Crippen LogP contribution in [0.15, 0.2) is 24.7 Å². The number of amides is 1. The van der Waals surface area contributed by atoms with Crippen LogP contribution in [0.4, 0.5) is 14.6 Å². The number of anilines is 1. The highest BCUT2D eigenvalue weighted by Crippen LogP contribution is 2.33. The van der Waals surface area contributed by atoms with Crippen LogP contribution in [0.25, 0.3) is 0 Å². The summed E-state index contributed by atoms with van der Waals surface area (Å²) in [4.78, 5) is 27.8. The summed E-state index contributed by atoms with van der Waals surface area (Å²) in [6, 6.07) is 1.77. The van der Waals surface area contributed by atoms with E-state index in [1.807, 2.05) is 0 Å². The Morgan fingerprint density at radius 2 is 2.07 bits per heavy atom. The first kappa shape index (κ1) is 19.3. The molecule has 0 unspecified atom stereocenters. The number of alkyl halides is 1. The lowest BCUT2D eigenvalue weighted by Crippen LogP contribution is -2.53. The number of ether oxygens (including phenoxy) is 2. The molecule has 2 aliphatic heterocycles. The zero-order valence-corrected chi connectivity index (χ0v) is 16.0. The Bertz CT molecular complexity index is 905. The van der Waals surface area contributed by atoms with E-state index < -0.39 is 17.4 Å². The number of fused-ring (bicyclic) bond motifs is 1. The number of hydrogen-bond acceptors (Lipinski definition) is 7. The Labute approximate surface area is 166 Å². The Kier molecular flexibility index (Phi) is 5.16. The first-order valence-electron chi connectivity index (χ1n) is 9.35. The molecule has 0 atom stereocenters. The Balaban J connectivity index is 1.46. The third kappa shape index (κ3) is 3.79. The summed E-state index contributed by atoms with van der Waals surface area (Å²) in [6.45, 7) is 1.14. The van der Waals surface area contributed by atoms with Gasteiger partial charge in [-0.25, -0.2) is 13.8 Å². The van der Waals surface area contributed by atoms with Gasteiger partial charge in [0.05, 0.1) is 26.4 Å². The molecule has 0 bridgehead atoms. The van der Waals surface area contributed by atoms with Gasteiger partial charge >= 0.3 is 6.01 Å². The number of carbonyl (C=O) groups excluding carboxylic acids is 1. The fraction of sp³-hybridized carbons (Fsp3) is 0.474. The maximum Gasteiger partial charge on any atom is 0.318 e. The monoisotopic (exact) mass is 405 g/mol. The zero-order valence-electron chi connectivity index (χ0n) is 16.0. The van der Waals surface area contributed by atoms with Gasteiger partial charge in [-0.2, -0.15) is 4.98 Å². The highest BCUT2D eigenvalue weighted by atomic mass is 19.1. The quantitative estimate of drug-likeness (QED) is 0.770. The van der Waals surface area contributed by atoms with Crippen molar-refractivity contribution in [2.24, 2.45) is 0 Å². The second kappa shape index (κ2) is 7.76. The highest BCUT2D eigenvalue weighted by Gasteiger charge is 2.45. The van der Waals surface area contributed by atoms with E-state index >= 15 is 4.39 Å². The molecule has 1 amide bonds. The van der Waals surface area contributed by atoms with Crippen LogP contribution in [-0.2, 0) is 11.3 Å². The highest BCUT2D eigenvalue weighted by molar-refractivity contribution is 5.85. The van der Waals surface area contributed by atoms with Crippen molar-refractivity contribution in [1.29, 1.82) is 0 Å². The second-order valence-electron chi connectivity index (χ2n) is 7.04. The molecule has 1 saturated heterocycles. The molecule has 10 heteroatoms. The van der Waals surface area contributed by atoms with Crippen molar-refractivity contribution in [3.8, 4) is 11.8 Å². The number of nitrogens with zero attached hydrogens (tertiary/aromatic N) is 5. The van der Waals surface area contributed by atoms with E-state index in [-0.39, 0.29) is 50.9 Å². The van der Waals surface area contributed by atoms with Crippen molar-refractivity contribution in [2.45, 2.75) is 25.1 Å². The van der Waals surface area contributed by atoms with Crippen LogP contribution < -0.4 is 14.4 Å². The molecule has 2 aliphatic rings. The smallest absolute Gasteiger partial charge is 0.318 e. The van der Waals surface area contributed by atoms with Crippen LogP contribution in [0.5, 0.6) is 11.8 Å². The molecule has 4 heterocycles. The van der Waals surface area contributed by atoms with Crippen molar-refractivity contribution in [2.75, 3.05) is 38.3 Å². The van der Waals surface area contributed by atoms with E-state index in [1.165, 1.54) is 12.0 Å². The first-order chi connectivity index (χ1) is 14.0. The van der Waals surface area contributed by atoms with Gasteiger partial charge in [-0.1, -0.05) is 0 Å². The van der Waals surface area contributed by atoms with Gasteiger partial charge in [-0.05, 0) is 6.07 Å². The Morgan fingerprint density at radius 3 is 2.83 bits per heavy atom. The van der Waals surface area contributed by atoms with Crippen molar-refractivity contribution in [3.63, 3.8) is 0 Å². The molecule has 0 N–H and O–H groups in total. The standard InChI is InChI=1S/C19H21F2N5O3/c1-28-18-23-11-14(20)16(24-18)25-6-3-19(21,4-7-25)17(27)26-8-9-29-15-2-5-22-10-13(15)12-26/h2,5,10-11H,3-4,6-9,12H2,1H3. The number of halogens is 2. The molecule has 0 spiro atoms. The number of carbonyl (C=O) groups is 1. The topological polar surface area (TPSA) is 80.7 Å². The summed E-state index contributed by atoms with van der Waals surface area (Å²) in [7, 11) is 1.39. The molecule has 2 aromatic heterocycles. The van der Waals surface area contributed by atoms with Gasteiger partial charge in [-0.3, -0.25) is 9.78 Å². The van der Waals surface area contributed by atoms with Gasteiger partial charge in [0.15, 0.2) is 17.3 Å². The van der Waals surface area contributed by atoms with Gasteiger partial charge in [-0.15, -0.1) is 0 Å². The molecule has 29 heavy (non-hydrogen) atoms. The van der Waals surface area contributed by atoms with Crippen LogP contribution in [0.2, 0.25) is 0 Å². The number of methoxy groups -OCH3 is 1. The molecule has 1 fully saturated rings. The molecule has 2 aromatic rings. The van der Waals surface area contributed by atoms with E-state index in [9.17, 15) is 9.18 Å². The largest absolute Gasteiger partial charge is 0.491 e. The summed E-state index contributed by atoms with van der Waals surface area (Å²) in [5.74, 6) is -0.476. The third-order valence-corrected chi connectivity index (χ3v) is 5.25. The van der Waals surface area contributed by atoms with Crippen molar-refractivity contribution < 1.29 is 23.0 Å². The van der Waals surface area contributed by atoms with E-state index in [0.29, 0.717) is 12.3 Å². The average Bonchev–Trinajstić information content (AvgIpc) is 2.97. The van der Waals surface area contributed by atoms with E-state index in [0.717, 1.165) is 11.8 Å². The van der Waals surface area contributed by atoms with Crippen molar-refractivity contribution in [3.05, 3.63) is 36.0 Å². The van der Waals surface area contributed by atoms with Crippen LogP contribution >= 0.6 is 0 Å². The summed E-state index contributed by atoms with van der Waals surface area (Å²) in [5, 5.41) is 0. The normalized spacial score (nSPS) is 18.4. The minimum absolute atomic E-state index is 0.0337. The Morgan fingerprint density at radius 1 is 1.28 bits per heavy atom. The van der Waals surface area contributed by atoms with Crippen LogP contribution in [0.1, 0.15) is 18.4 Å². The van der Waals surface area contributed by atoms with Crippen molar-refractivity contribution in [1.82, 2.24) is 19.9 Å². The number of hydrogen-bond donors (Lipinski definition) is 0. The molecule has 8 nitrogen and oxygen atoms in total. The van der Waals surface area contributed by atoms with Crippen molar-refractivity contribution >= 4 is 11.7 Å². The predicted octanol–water partition coefficient (Wildman–Crippen LogP) is 1.75. The molecule has 0 radical (unpaired) electrons. The summed E-state index contributed by atoms with van der Waals surface area (Å²) >= 11 is 0. The fourth-order valence-electron chi connectivity index (χ4n) is 3.63. The van der Waals surface area contributed by atoms with E-state index in [1.54, 1.807) is 23.4 Å². The maximum atomic E-state index is 15.6. The first-order valence-corrected chi connectivity index (χ1v) is 9.35. The van der Waals surface area contributed by atoms with Crippen LogP contribution in [0, 0.1) is 5.82 Å². The summed E-state index contributed by atoms with van der Waals surface area (Å²) in [5.41, 5.74) is -1.27. The summed E-state index contributed by atoms with van der Waals surface area (Å²) in [6.07, 6.45) is 4.14. The predicted molar refractivity (Wildman–Crippen MR) is 99.0 cm³/mol. The number of rotatable bonds is 3. The lowest BCUT2D eigenvalue weighted by atomic mass is 9.91. The minimum atomic E-state index is -2.02. The molecule has 0 aromatic carbocycles. The lowest BCUT2D eigenvalue weighted by molar-refractivity contribution is -0.146. The molecular weight excluding hydrogens is 384 g/mol. The van der Waals surface area contributed by atoms with Crippen LogP contribution in [-0.4, -0.2) is 64.8 Å². The fourth-order valence-corrected chi connectivity index (χ4v) is 3.63. The third-order valence-electron chi connectivity index (χ3n) is 5.25. The lowest BCUT2D eigenvalue weighted by Gasteiger charge is -2.38. The van der Waals surface area contributed by atoms with Gasteiger partial charge < -0.3 is 19.3 Å². The zero-order chi connectivity index (χ0) is 20.4. The van der Waals surface area contributed by atoms with E-state index in [4.69, 9.17) is 9.47 Å². The van der Waals surface area contributed by atoms with Gasteiger partial charge in [0.2, 0.25) is 0 Å². The Hall–Kier alpha value is -3.04. The van der Waals surface area contributed by atoms with Gasteiger partial charge in [0.1, 0.15) is 12.4 Å².